The molecule has 7 heteroatoms. The minimum atomic E-state index is -0.00228. The molecule has 0 N–H and O–H groups in total. The van der Waals surface area contributed by atoms with Gasteiger partial charge in [-0.1, -0.05) is 5.16 Å². The lowest BCUT2D eigenvalue weighted by molar-refractivity contribution is -0.0124. The van der Waals surface area contributed by atoms with E-state index < -0.39 is 0 Å². The summed E-state index contributed by atoms with van der Waals surface area (Å²) in [6, 6.07) is 0. The Labute approximate surface area is 133 Å². The van der Waals surface area contributed by atoms with Gasteiger partial charge in [-0.05, 0) is 32.2 Å². The number of rotatable bonds is 3. The van der Waals surface area contributed by atoms with Crippen molar-refractivity contribution in [1.82, 2.24) is 20.0 Å². The molecule has 2 aliphatic rings. The lowest BCUT2D eigenvalue weighted by Gasteiger charge is -2.33. The lowest BCUT2D eigenvalue weighted by atomic mass is 9.91. The Balaban J connectivity index is 1.40. The molecular formula is C15H20N4O2S. The number of likely N-dealkylation sites (tertiary alicyclic amines) is 1. The summed E-state index contributed by atoms with van der Waals surface area (Å²) in [5.41, 5.74) is 3.08. The van der Waals surface area contributed by atoms with Gasteiger partial charge in [-0.2, -0.15) is 4.98 Å². The maximum atomic E-state index is 6.21. The molecule has 2 aromatic rings. The van der Waals surface area contributed by atoms with E-state index in [1.807, 2.05) is 12.4 Å². The fraction of sp³-hybridized carbons (Fsp3) is 0.667. The third-order valence-corrected chi connectivity index (χ3v) is 5.60. The van der Waals surface area contributed by atoms with Crippen LogP contribution in [-0.4, -0.2) is 39.2 Å². The molecule has 2 saturated heterocycles. The van der Waals surface area contributed by atoms with Gasteiger partial charge in [-0.25, -0.2) is 4.98 Å². The topological polar surface area (TPSA) is 64.3 Å². The number of fused-ring (bicyclic) bond motifs is 1. The molecule has 0 bridgehead atoms. The molecule has 0 saturated carbocycles. The van der Waals surface area contributed by atoms with Crippen LogP contribution in [0.2, 0.25) is 0 Å². The van der Waals surface area contributed by atoms with Crippen LogP contribution < -0.4 is 0 Å². The largest absolute Gasteiger partial charge is 0.365 e. The fourth-order valence-corrected chi connectivity index (χ4v) is 4.25. The highest BCUT2D eigenvalue weighted by molar-refractivity contribution is 7.09. The first kappa shape index (κ1) is 14.3. The fourth-order valence-electron chi connectivity index (χ4n) is 3.43. The zero-order chi connectivity index (χ0) is 15.1. The predicted molar refractivity (Wildman–Crippen MR) is 81.5 cm³/mol. The maximum Gasteiger partial charge on any atom is 0.223 e. The van der Waals surface area contributed by atoms with Crippen LogP contribution in [0, 0.1) is 19.8 Å². The summed E-state index contributed by atoms with van der Waals surface area (Å²) >= 11 is 1.74. The van der Waals surface area contributed by atoms with Crippen LogP contribution in [0.15, 0.2) is 10.0 Å². The quantitative estimate of drug-likeness (QED) is 0.866. The van der Waals surface area contributed by atoms with Crippen LogP contribution in [0.25, 0.3) is 0 Å². The van der Waals surface area contributed by atoms with Gasteiger partial charge in [0.1, 0.15) is 6.10 Å². The first-order valence-electron chi connectivity index (χ1n) is 7.76. The minimum absolute atomic E-state index is 0.00228. The van der Waals surface area contributed by atoms with Gasteiger partial charge in [-0.3, -0.25) is 4.90 Å². The monoisotopic (exact) mass is 320 g/mol. The number of aromatic nitrogens is 3. The molecule has 0 aromatic carbocycles. The van der Waals surface area contributed by atoms with Gasteiger partial charge in [0.2, 0.25) is 11.7 Å². The van der Waals surface area contributed by atoms with Crippen molar-refractivity contribution in [3.63, 3.8) is 0 Å². The van der Waals surface area contributed by atoms with Crippen molar-refractivity contribution in [3.05, 3.63) is 27.8 Å². The third kappa shape index (κ3) is 2.68. The van der Waals surface area contributed by atoms with Gasteiger partial charge in [0.05, 0.1) is 17.3 Å². The Kier molecular flexibility index (Phi) is 3.71. The Morgan fingerprint density at radius 3 is 3.05 bits per heavy atom. The van der Waals surface area contributed by atoms with E-state index >= 15 is 0 Å². The van der Waals surface area contributed by atoms with Crippen molar-refractivity contribution >= 4 is 11.3 Å². The molecular weight excluding hydrogens is 300 g/mol. The molecule has 0 radical (unpaired) electrons. The van der Waals surface area contributed by atoms with E-state index in [4.69, 9.17) is 9.26 Å². The second kappa shape index (κ2) is 5.72. The molecule has 0 spiro atoms. The van der Waals surface area contributed by atoms with Gasteiger partial charge < -0.3 is 9.26 Å². The van der Waals surface area contributed by atoms with Crippen molar-refractivity contribution in [2.24, 2.45) is 5.92 Å². The molecule has 6 nitrogen and oxygen atoms in total. The molecule has 3 atom stereocenters. The Morgan fingerprint density at radius 2 is 2.32 bits per heavy atom. The number of piperidine rings is 1. The van der Waals surface area contributed by atoms with E-state index in [9.17, 15) is 0 Å². The minimum Gasteiger partial charge on any atom is -0.365 e. The van der Waals surface area contributed by atoms with E-state index in [1.54, 1.807) is 11.3 Å². The SMILES string of the molecule is Cc1nc([C@@H]2C[C@H]3CCN(Cc4scnc4C)C[C@@H]3O2)no1. The van der Waals surface area contributed by atoms with Crippen molar-refractivity contribution in [1.29, 1.82) is 0 Å². The molecule has 0 unspecified atom stereocenters. The second-order valence-corrected chi connectivity index (χ2v) is 7.15. The number of thiazole rings is 1. The number of hydrogen-bond acceptors (Lipinski definition) is 7. The molecule has 4 rings (SSSR count). The van der Waals surface area contributed by atoms with E-state index in [0.717, 1.165) is 31.7 Å². The average Bonchev–Trinajstić information content (AvgIpc) is 3.19. The molecule has 22 heavy (non-hydrogen) atoms. The zero-order valence-corrected chi connectivity index (χ0v) is 13.7. The first-order chi connectivity index (χ1) is 10.7. The number of aryl methyl sites for hydroxylation is 2. The van der Waals surface area contributed by atoms with Crippen LogP contribution in [0.1, 0.15) is 41.2 Å². The number of nitrogens with zero attached hydrogens (tertiary/aromatic N) is 4. The van der Waals surface area contributed by atoms with Crippen LogP contribution in [0.5, 0.6) is 0 Å². The predicted octanol–water partition coefficient (Wildman–Crippen LogP) is 2.50. The van der Waals surface area contributed by atoms with Gasteiger partial charge in [0.15, 0.2) is 0 Å². The average molecular weight is 320 g/mol. The molecule has 0 aliphatic carbocycles. The lowest BCUT2D eigenvalue weighted by Crippen LogP contribution is -2.41. The normalized spacial score (nSPS) is 28.9. The summed E-state index contributed by atoms with van der Waals surface area (Å²) in [6.45, 7) is 6.99. The highest BCUT2D eigenvalue weighted by Gasteiger charge is 2.41. The maximum absolute atomic E-state index is 6.21. The molecule has 2 fully saturated rings. The summed E-state index contributed by atoms with van der Waals surface area (Å²) in [5.74, 6) is 1.93. The van der Waals surface area contributed by atoms with Gasteiger partial charge in [-0.15, -0.1) is 11.3 Å². The van der Waals surface area contributed by atoms with Gasteiger partial charge >= 0.3 is 0 Å². The molecule has 2 aliphatic heterocycles. The van der Waals surface area contributed by atoms with E-state index in [2.05, 4.69) is 26.9 Å². The zero-order valence-electron chi connectivity index (χ0n) is 12.9. The number of ether oxygens (including phenoxy) is 1. The van der Waals surface area contributed by atoms with Crippen LogP contribution in [0.3, 0.4) is 0 Å². The Hall–Kier alpha value is -1.31. The van der Waals surface area contributed by atoms with Crippen LogP contribution in [0.4, 0.5) is 0 Å². The highest BCUT2D eigenvalue weighted by atomic mass is 32.1. The number of hydrogen-bond donors (Lipinski definition) is 0. The van der Waals surface area contributed by atoms with Crippen molar-refractivity contribution in [3.8, 4) is 0 Å². The van der Waals surface area contributed by atoms with Crippen molar-refractivity contribution in [2.45, 2.75) is 45.4 Å². The summed E-state index contributed by atoms with van der Waals surface area (Å²) in [7, 11) is 0. The van der Waals surface area contributed by atoms with E-state index in [1.165, 1.54) is 11.3 Å². The van der Waals surface area contributed by atoms with Crippen molar-refractivity contribution in [2.75, 3.05) is 13.1 Å². The first-order valence-corrected chi connectivity index (χ1v) is 8.64. The standard InChI is InChI=1S/C15H20N4O2S/c1-9-14(22-8-16-9)7-19-4-3-11-5-12(20-13(11)6-19)15-17-10(2)21-18-15/h8,11-13H,3-7H2,1-2H3/t11-,12+,13+/m1/s1. The summed E-state index contributed by atoms with van der Waals surface area (Å²) in [5, 5.41) is 4.02. The summed E-state index contributed by atoms with van der Waals surface area (Å²) in [4.78, 5) is 12.5. The molecule has 118 valence electrons. The van der Waals surface area contributed by atoms with E-state index in [0.29, 0.717) is 17.6 Å². The second-order valence-electron chi connectivity index (χ2n) is 6.22. The van der Waals surface area contributed by atoms with Crippen molar-refractivity contribution < 1.29 is 9.26 Å². The van der Waals surface area contributed by atoms with Gasteiger partial charge in [0, 0.05) is 24.9 Å². The molecule has 0 amide bonds. The Morgan fingerprint density at radius 1 is 1.41 bits per heavy atom. The molecule has 2 aromatic heterocycles. The van der Waals surface area contributed by atoms with E-state index in [-0.39, 0.29) is 12.2 Å². The van der Waals surface area contributed by atoms with Crippen LogP contribution >= 0.6 is 11.3 Å². The van der Waals surface area contributed by atoms with Crippen LogP contribution in [-0.2, 0) is 11.3 Å². The summed E-state index contributed by atoms with van der Waals surface area (Å²) < 4.78 is 11.3. The van der Waals surface area contributed by atoms with Gasteiger partial charge in [0.25, 0.3) is 0 Å². The molecule has 4 heterocycles. The third-order valence-electron chi connectivity index (χ3n) is 4.68. The Bertz CT molecular complexity index is 656. The highest BCUT2D eigenvalue weighted by Crippen LogP contribution is 2.40. The smallest absolute Gasteiger partial charge is 0.223 e. The summed E-state index contributed by atoms with van der Waals surface area (Å²) in [6.07, 6.45) is 2.47.